The van der Waals surface area contributed by atoms with Crippen LogP contribution in [0.3, 0.4) is 0 Å². The van der Waals surface area contributed by atoms with Crippen LogP contribution in [0, 0.1) is 0 Å². The first-order chi connectivity index (χ1) is 19.5. The van der Waals surface area contributed by atoms with Gasteiger partial charge in [0.15, 0.2) is 11.5 Å². The molecule has 1 aliphatic heterocycles. The normalized spacial score (nSPS) is 13.1. The summed E-state index contributed by atoms with van der Waals surface area (Å²) in [5, 5.41) is 3.56. The molecule has 8 heteroatoms. The number of rotatable bonds is 13. The Bertz CT molecular complexity index is 1340. The lowest BCUT2D eigenvalue weighted by Crippen LogP contribution is -2.23. The number of benzene rings is 3. The zero-order chi connectivity index (χ0) is 28.3. The van der Waals surface area contributed by atoms with Crippen molar-refractivity contribution >= 4 is 17.7 Å². The quantitative estimate of drug-likeness (QED) is 0.246. The van der Waals surface area contributed by atoms with E-state index in [0.29, 0.717) is 43.6 Å². The molecule has 210 valence electrons. The highest BCUT2D eigenvalue weighted by Crippen LogP contribution is 2.36. The molecule has 4 rings (SSSR count). The summed E-state index contributed by atoms with van der Waals surface area (Å²) in [7, 11) is 1.57. The van der Waals surface area contributed by atoms with Gasteiger partial charge in [-0.3, -0.25) is 4.79 Å². The van der Waals surface area contributed by atoms with Gasteiger partial charge in [-0.05, 0) is 54.8 Å². The van der Waals surface area contributed by atoms with Gasteiger partial charge in [-0.2, -0.15) is 0 Å². The van der Waals surface area contributed by atoms with Gasteiger partial charge in [0, 0.05) is 23.4 Å². The zero-order valence-corrected chi connectivity index (χ0v) is 23.3. The van der Waals surface area contributed by atoms with Gasteiger partial charge >= 0.3 is 12.1 Å². The van der Waals surface area contributed by atoms with E-state index in [1.807, 2.05) is 42.5 Å². The highest BCUT2D eigenvalue weighted by molar-refractivity contribution is 5.73. The van der Waals surface area contributed by atoms with Crippen LogP contribution in [0.4, 0.5) is 10.5 Å². The molecule has 8 nitrogen and oxygen atoms in total. The number of methoxy groups -OCH3 is 1. The third kappa shape index (κ3) is 7.79. The van der Waals surface area contributed by atoms with Gasteiger partial charge in [-0.1, -0.05) is 49.4 Å². The third-order valence-electron chi connectivity index (χ3n) is 6.36. The van der Waals surface area contributed by atoms with Crippen molar-refractivity contribution in [1.82, 2.24) is 4.90 Å². The first-order valence-electron chi connectivity index (χ1n) is 13.5. The van der Waals surface area contributed by atoms with Crippen LogP contribution in [0.15, 0.2) is 78.5 Å². The number of nitrogens with one attached hydrogen (secondary N) is 1. The van der Waals surface area contributed by atoms with Crippen LogP contribution >= 0.6 is 0 Å². The van der Waals surface area contributed by atoms with Gasteiger partial charge in [0.05, 0.1) is 33.2 Å². The predicted molar refractivity (Wildman–Crippen MR) is 154 cm³/mol. The predicted octanol–water partition coefficient (Wildman–Crippen LogP) is 6.49. The number of nitrogens with zero attached hydrogens (tertiary/aromatic N) is 1. The number of anilines is 1. The van der Waals surface area contributed by atoms with E-state index in [2.05, 4.69) is 30.4 Å². The van der Waals surface area contributed by atoms with E-state index >= 15 is 0 Å². The fourth-order valence-electron chi connectivity index (χ4n) is 4.48. The third-order valence-corrected chi connectivity index (χ3v) is 6.36. The number of esters is 1. The van der Waals surface area contributed by atoms with E-state index in [4.69, 9.17) is 18.9 Å². The lowest BCUT2D eigenvalue weighted by atomic mass is 10.1. The summed E-state index contributed by atoms with van der Waals surface area (Å²) in [4.78, 5) is 26.0. The van der Waals surface area contributed by atoms with Crippen LogP contribution in [-0.4, -0.2) is 43.8 Å². The lowest BCUT2D eigenvalue weighted by molar-refractivity contribution is -0.142. The van der Waals surface area contributed by atoms with Crippen molar-refractivity contribution in [3.63, 3.8) is 0 Å². The standard InChI is InChI=1S/C32H36N2O6/c1-4-9-26(18-23-10-7-6-8-11-23)33-27-13-15-28(25(21-27)22-34-16-17-39-32(34)36)40-30-19-24(12-14-29(30)37-3)20-31(35)38-5-2/h6-15,19,21,33H,4-5,16-18,20,22H2,1-3H3/b26-9-. The number of hydrogen-bond acceptors (Lipinski definition) is 7. The Balaban J connectivity index is 1.62. The zero-order valence-electron chi connectivity index (χ0n) is 23.3. The average molecular weight is 545 g/mol. The molecule has 0 aromatic heterocycles. The Hall–Kier alpha value is -4.46. The minimum absolute atomic E-state index is 0.123. The second kappa shape index (κ2) is 14.1. The van der Waals surface area contributed by atoms with Crippen LogP contribution in [0.25, 0.3) is 0 Å². The molecule has 0 atom stereocenters. The molecular weight excluding hydrogens is 508 g/mol. The van der Waals surface area contributed by atoms with E-state index in [9.17, 15) is 9.59 Å². The number of ether oxygens (including phenoxy) is 4. The SMILES string of the molecule is CC/C=C(/Cc1ccccc1)Nc1ccc(Oc2cc(CC(=O)OCC)ccc2OC)c(CN2CCOC2=O)c1. The van der Waals surface area contributed by atoms with Gasteiger partial charge in [-0.25, -0.2) is 4.79 Å². The van der Waals surface area contributed by atoms with Crippen molar-refractivity contribution in [3.05, 3.63) is 95.2 Å². The number of carbonyl (C=O) groups is 2. The highest BCUT2D eigenvalue weighted by Gasteiger charge is 2.24. The summed E-state index contributed by atoms with van der Waals surface area (Å²) in [6, 6.07) is 21.5. The van der Waals surface area contributed by atoms with Gasteiger partial charge in [0.25, 0.3) is 0 Å². The second-order valence-electron chi connectivity index (χ2n) is 9.35. The van der Waals surface area contributed by atoms with Crippen LogP contribution in [-0.2, 0) is 33.7 Å². The van der Waals surface area contributed by atoms with E-state index in [1.54, 1.807) is 31.1 Å². The number of cyclic esters (lactones) is 1. The van der Waals surface area contributed by atoms with Crippen molar-refractivity contribution in [2.75, 3.05) is 32.2 Å². The smallest absolute Gasteiger partial charge is 0.410 e. The molecule has 40 heavy (non-hydrogen) atoms. The van der Waals surface area contributed by atoms with Gasteiger partial charge in [0.2, 0.25) is 0 Å². The maximum absolute atomic E-state index is 12.3. The molecule has 1 N–H and O–H groups in total. The van der Waals surface area contributed by atoms with E-state index < -0.39 is 0 Å². The largest absolute Gasteiger partial charge is 0.493 e. The highest BCUT2D eigenvalue weighted by atomic mass is 16.6. The summed E-state index contributed by atoms with van der Waals surface area (Å²) in [5.41, 5.74) is 4.73. The van der Waals surface area contributed by atoms with Gasteiger partial charge in [-0.15, -0.1) is 0 Å². The minimum Gasteiger partial charge on any atom is -0.493 e. The van der Waals surface area contributed by atoms with Gasteiger partial charge < -0.3 is 29.2 Å². The van der Waals surface area contributed by atoms with E-state index in [1.165, 1.54) is 5.56 Å². The molecule has 1 amide bonds. The molecule has 0 unspecified atom stereocenters. The van der Waals surface area contributed by atoms with Crippen LogP contribution in [0.5, 0.6) is 17.2 Å². The maximum atomic E-state index is 12.3. The Labute approximate surface area is 235 Å². The molecule has 1 aliphatic rings. The van der Waals surface area contributed by atoms with Crippen molar-refractivity contribution < 1.29 is 28.5 Å². The van der Waals surface area contributed by atoms with Crippen LogP contribution < -0.4 is 14.8 Å². The Morgan fingerprint density at radius 1 is 0.975 bits per heavy atom. The summed E-state index contributed by atoms with van der Waals surface area (Å²) < 4.78 is 22.1. The summed E-state index contributed by atoms with van der Waals surface area (Å²) in [5.74, 6) is 1.25. The Morgan fingerprint density at radius 3 is 2.48 bits per heavy atom. The van der Waals surface area contributed by atoms with Crippen molar-refractivity contribution in [2.24, 2.45) is 0 Å². The molecule has 1 saturated heterocycles. The molecule has 0 saturated carbocycles. The van der Waals surface area contributed by atoms with Crippen LogP contribution in [0.2, 0.25) is 0 Å². The molecule has 0 radical (unpaired) electrons. The monoisotopic (exact) mass is 544 g/mol. The molecule has 0 spiro atoms. The van der Waals surface area contributed by atoms with Gasteiger partial charge in [0.1, 0.15) is 12.4 Å². The molecule has 0 bridgehead atoms. The van der Waals surface area contributed by atoms with Crippen molar-refractivity contribution in [1.29, 1.82) is 0 Å². The first-order valence-corrected chi connectivity index (χ1v) is 13.5. The first kappa shape index (κ1) is 28.5. The number of carbonyl (C=O) groups excluding carboxylic acids is 2. The fourth-order valence-corrected chi connectivity index (χ4v) is 4.48. The Morgan fingerprint density at radius 2 is 1.77 bits per heavy atom. The van der Waals surface area contributed by atoms with Crippen molar-refractivity contribution in [3.8, 4) is 17.2 Å². The molecule has 1 heterocycles. The summed E-state index contributed by atoms with van der Waals surface area (Å²) in [6.45, 7) is 5.39. The summed E-state index contributed by atoms with van der Waals surface area (Å²) >= 11 is 0. The lowest BCUT2D eigenvalue weighted by Gasteiger charge is -2.20. The minimum atomic E-state index is -0.353. The molecule has 1 fully saturated rings. The van der Waals surface area contributed by atoms with Crippen molar-refractivity contribution in [2.45, 2.75) is 39.7 Å². The second-order valence-corrected chi connectivity index (χ2v) is 9.35. The topological polar surface area (TPSA) is 86.3 Å². The molecular formula is C32H36N2O6. The number of allylic oxidation sites excluding steroid dienone is 2. The molecule has 0 aliphatic carbocycles. The average Bonchev–Trinajstić information content (AvgIpc) is 3.35. The number of hydrogen-bond donors (Lipinski definition) is 1. The van der Waals surface area contributed by atoms with E-state index in [-0.39, 0.29) is 18.5 Å². The molecule has 3 aromatic rings. The maximum Gasteiger partial charge on any atom is 0.410 e. The van der Waals surface area contributed by atoms with E-state index in [0.717, 1.165) is 35.4 Å². The Kier molecular flexibility index (Phi) is 10.0. The molecule has 3 aromatic carbocycles. The fraction of sp³-hybridized carbons (Fsp3) is 0.312. The number of amides is 1. The summed E-state index contributed by atoms with van der Waals surface area (Å²) in [6.07, 6.45) is 3.61. The van der Waals surface area contributed by atoms with Crippen LogP contribution in [0.1, 0.15) is 37.0 Å².